The third-order valence-corrected chi connectivity index (χ3v) is 8.83. The molecule has 0 fully saturated rings. The second-order valence-corrected chi connectivity index (χ2v) is 10.2. The number of hydrogen-bond acceptors (Lipinski definition) is 3. The summed E-state index contributed by atoms with van der Waals surface area (Å²) < 4.78 is 6.13. The number of benzene rings is 2. The standard InChI is InChI=1S/C26H34OS2/c1-6-26(7-2,25-16-20(4)24(29-25)18-28-5)22-13-14-23(19(3)15-22)27-17-21-11-9-8-10-12-21/h8-15,25H,6-7,16-18H2,1-5H3. The van der Waals surface area contributed by atoms with Gasteiger partial charge in [-0.15, -0.1) is 11.8 Å². The molecule has 1 atom stereocenters. The predicted molar refractivity (Wildman–Crippen MR) is 131 cm³/mol. The van der Waals surface area contributed by atoms with Gasteiger partial charge in [0.15, 0.2) is 0 Å². The first kappa shape index (κ1) is 22.4. The zero-order valence-electron chi connectivity index (χ0n) is 18.5. The first-order valence-corrected chi connectivity index (χ1v) is 12.9. The fourth-order valence-corrected chi connectivity index (χ4v) is 7.25. The van der Waals surface area contributed by atoms with E-state index in [-0.39, 0.29) is 5.41 Å². The van der Waals surface area contributed by atoms with Crippen molar-refractivity contribution in [3.05, 3.63) is 75.7 Å². The minimum atomic E-state index is 0.217. The van der Waals surface area contributed by atoms with Gasteiger partial charge in [-0.2, -0.15) is 11.8 Å². The molecule has 29 heavy (non-hydrogen) atoms. The smallest absolute Gasteiger partial charge is 0.122 e. The Morgan fingerprint density at radius 1 is 1.07 bits per heavy atom. The summed E-state index contributed by atoms with van der Waals surface area (Å²) in [4.78, 5) is 1.60. The van der Waals surface area contributed by atoms with Crippen LogP contribution in [0.2, 0.25) is 0 Å². The molecule has 156 valence electrons. The van der Waals surface area contributed by atoms with Gasteiger partial charge in [0, 0.05) is 16.4 Å². The summed E-state index contributed by atoms with van der Waals surface area (Å²) in [6.45, 7) is 9.86. The molecule has 0 spiro atoms. The van der Waals surface area contributed by atoms with Crippen molar-refractivity contribution >= 4 is 23.5 Å². The number of allylic oxidation sites excluding steroid dienone is 1. The van der Waals surface area contributed by atoms with Crippen LogP contribution in [0, 0.1) is 6.92 Å². The summed E-state index contributed by atoms with van der Waals surface area (Å²) in [5.41, 5.74) is 5.73. The minimum Gasteiger partial charge on any atom is -0.489 e. The van der Waals surface area contributed by atoms with Gasteiger partial charge in [0.25, 0.3) is 0 Å². The molecule has 1 unspecified atom stereocenters. The van der Waals surface area contributed by atoms with Crippen molar-refractivity contribution in [2.75, 3.05) is 12.0 Å². The number of hydrogen-bond donors (Lipinski definition) is 0. The highest BCUT2D eigenvalue weighted by Crippen LogP contribution is 2.51. The summed E-state index contributed by atoms with van der Waals surface area (Å²) in [6, 6.07) is 17.3. The summed E-state index contributed by atoms with van der Waals surface area (Å²) >= 11 is 4.08. The van der Waals surface area contributed by atoms with E-state index < -0.39 is 0 Å². The topological polar surface area (TPSA) is 9.23 Å². The first-order valence-electron chi connectivity index (χ1n) is 10.7. The molecule has 1 aliphatic rings. The molecular formula is C26H34OS2. The Morgan fingerprint density at radius 2 is 1.79 bits per heavy atom. The number of ether oxygens (including phenoxy) is 1. The fraction of sp³-hybridized carbons (Fsp3) is 0.462. The van der Waals surface area contributed by atoms with E-state index in [1.54, 1.807) is 10.5 Å². The maximum atomic E-state index is 6.13. The van der Waals surface area contributed by atoms with Gasteiger partial charge in [0.05, 0.1) is 0 Å². The van der Waals surface area contributed by atoms with Gasteiger partial charge >= 0.3 is 0 Å². The molecule has 0 bridgehead atoms. The molecule has 0 radical (unpaired) electrons. The van der Waals surface area contributed by atoms with E-state index >= 15 is 0 Å². The van der Waals surface area contributed by atoms with Crippen molar-refractivity contribution in [3.8, 4) is 5.75 Å². The number of thioether (sulfide) groups is 2. The van der Waals surface area contributed by atoms with Crippen LogP contribution in [-0.4, -0.2) is 17.3 Å². The molecule has 2 aromatic carbocycles. The average molecular weight is 427 g/mol. The van der Waals surface area contributed by atoms with Gasteiger partial charge < -0.3 is 4.74 Å². The quantitative estimate of drug-likeness (QED) is 0.405. The van der Waals surface area contributed by atoms with E-state index in [1.165, 1.54) is 36.0 Å². The highest BCUT2D eigenvalue weighted by molar-refractivity contribution is 8.06. The van der Waals surface area contributed by atoms with Gasteiger partial charge in [0.2, 0.25) is 0 Å². The van der Waals surface area contributed by atoms with Crippen molar-refractivity contribution in [2.45, 2.75) is 64.2 Å². The molecule has 1 aliphatic heterocycles. The summed E-state index contributed by atoms with van der Waals surface area (Å²) in [6.07, 6.45) is 5.77. The normalized spacial score (nSPS) is 17.1. The molecule has 0 aliphatic carbocycles. The molecule has 3 rings (SSSR count). The van der Waals surface area contributed by atoms with Crippen LogP contribution >= 0.6 is 23.5 Å². The van der Waals surface area contributed by atoms with Crippen molar-refractivity contribution < 1.29 is 4.74 Å². The second-order valence-electron chi connectivity index (χ2n) is 8.06. The lowest BCUT2D eigenvalue weighted by atomic mass is 9.71. The molecule has 0 N–H and O–H groups in total. The third kappa shape index (κ3) is 4.88. The van der Waals surface area contributed by atoms with Gasteiger partial charge in [-0.25, -0.2) is 0 Å². The van der Waals surface area contributed by atoms with Gasteiger partial charge in [0.1, 0.15) is 12.4 Å². The van der Waals surface area contributed by atoms with Crippen molar-refractivity contribution in [1.29, 1.82) is 0 Å². The highest BCUT2D eigenvalue weighted by Gasteiger charge is 2.41. The molecule has 1 nitrogen and oxygen atoms in total. The minimum absolute atomic E-state index is 0.217. The largest absolute Gasteiger partial charge is 0.489 e. The zero-order chi connectivity index (χ0) is 20.9. The Morgan fingerprint density at radius 3 is 2.41 bits per heavy atom. The maximum Gasteiger partial charge on any atom is 0.122 e. The van der Waals surface area contributed by atoms with Gasteiger partial charge in [-0.1, -0.05) is 61.9 Å². The zero-order valence-corrected chi connectivity index (χ0v) is 20.1. The Bertz CT molecular complexity index is 837. The number of aryl methyl sites for hydroxylation is 1. The molecule has 0 aromatic heterocycles. The van der Waals surface area contributed by atoms with Crippen LogP contribution in [0.1, 0.15) is 56.7 Å². The SMILES string of the molecule is CCC(CC)(c1ccc(OCc2ccccc2)c(C)c1)C1CC(C)=C(CSC)S1. The van der Waals surface area contributed by atoms with Crippen LogP contribution in [0.3, 0.4) is 0 Å². The lowest BCUT2D eigenvalue weighted by molar-refractivity contribution is 0.303. The Hall–Kier alpha value is -1.32. The number of rotatable bonds is 9. The predicted octanol–water partition coefficient (Wildman–Crippen LogP) is 7.77. The highest BCUT2D eigenvalue weighted by atomic mass is 32.2. The summed E-state index contributed by atoms with van der Waals surface area (Å²) in [5.74, 6) is 2.15. The average Bonchev–Trinajstić information content (AvgIpc) is 3.10. The monoisotopic (exact) mass is 426 g/mol. The molecule has 0 saturated carbocycles. The van der Waals surface area contributed by atoms with Crippen LogP contribution in [0.15, 0.2) is 59.0 Å². The van der Waals surface area contributed by atoms with Crippen molar-refractivity contribution in [2.24, 2.45) is 0 Å². The molecule has 0 amide bonds. The van der Waals surface area contributed by atoms with Crippen molar-refractivity contribution in [1.82, 2.24) is 0 Å². The Labute approximate surface area is 185 Å². The lowest BCUT2D eigenvalue weighted by Crippen LogP contribution is -2.35. The van der Waals surface area contributed by atoms with Crippen LogP contribution in [0.4, 0.5) is 0 Å². The molecule has 3 heteroatoms. The van der Waals surface area contributed by atoms with Gasteiger partial charge in [-0.3, -0.25) is 0 Å². The molecular weight excluding hydrogens is 392 g/mol. The van der Waals surface area contributed by atoms with E-state index in [9.17, 15) is 0 Å². The molecule has 2 aromatic rings. The molecule has 1 heterocycles. The summed E-state index contributed by atoms with van der Waals surface area (Å²) in [7, 11) is 0. The summed E-state index contributed by atoms with van der Waals surface area (Å²) in [5, 5.41) is 0.634. The fourth-order valence-electron chi connectivity index (χ4n) is 4.46. The van der Waals surface area contributed by atoms with E-state index in [1.807, 2.05) is 17.8 Å². The first-order chi connectivity index (χ1) is 14.0. The van der Waals surface area contributed by atoms with E-state index in [0.717, 1.165) is 11.5 Å². The molecule has 0 saturated heterocycles. The van der Waals surface area contributed by atoms with E-state index in [0.29, 0.717) is 11.9 Å². The van der Waals surface area contributed by atoms with Gasteiger partial charge in [-0.05, 0) is 67.0 Å². The second kappa shape index (κ2) is 10.1. The van der Waals surface area contributed by atoms with E-state index in [4.69, 9.17) is 4.74 Å². The van der Waals surface area contributed by atoms with Crippen LogP contribution in [-0.2, 0) is 12.0 Å². The van der Waals surface area contributed by atoms with E-state index in [2.05, 4.69) is 88.2 Å². The van der Waals surface area contributed by atoms with Crippen LogP contribution in [0.25, 0.3) is 0 Å². The van der Waals surface area contributed by atoms with Crippen LogP contribution in [0.5, 0.6) is 5.75 Å². The Kier molecular flexibility index (Phi) is 7.81. The Balaban J connectivity index is 1.80. The van der Waals surface area contributed by atoms with Crippen LogP contribution < -0.4 is 4.74 Å². The lowest BCUT2D eigenvalue weighted by Gasteiger charge is -2.38. The third-order valence-electron chi connectivity index (χ3n) is 6.39. The van der Waals surface area contributed by atoms with Crippen molar-refractivity contribution in [3.63, 3.8) is 0 Å². The maximum absolute atomic E-state index is 6.13.